The van der Waals surface area contributed by atoms with Gasteiger partial charge in [-0.1, -0.05) is 46.7 Å². The Morgan fingerprint density at radius 2 is 1.95 bits per heavy atom. The molecule has 1 aliphatic rings. The third-order valence-electron chi connectivity index (χ3n) is 3.36. The molecule has 4 rings (SSSR count). The highest BCUT2D eigenvalue weighted by atomic mass is 79.9. The lowest BCUT2D eigenvalue weighted by Crippen LogP contribution is -1.97. The predicted molar refractivity (Wildman–Crippen MR) is 82.0 cm³/mol. The van der Waals surface area contributed by atoms with Crippen LogP contribution in [0.1, 0.15) is 18.4 Å². The SMILES string of the molecule is BrC1=NOC(c2nc(-c3ccc4ccccc4c3)no2)C1. The summed E-state index contributed by atoms with van der Waals surface area (Å²) in [6, 6.07) is 14.2. The summed E-state index contributed by atoms with van der Waals surface area (Å²) in [5.74, 6) is 0.999. The fraction of sp³-hybridized carbons (Fsp3) is 0.133. The van der Waals surface area contributed by atoms with Crippen LogP contribution < -0.4 is 0 Å². The number of nitrogens with zero attached hydrogens (tertiary/aromatic N) is 3. The number of aromatic nitrogens is 2. The molecule has 5 nitrogen and oxygen atoms in total. The van der Waals surface area contributed by atoms with Crippen LogP contribution in [-0.2, 0) is 4.84 Å². The Kier molecular flexibility index (Phi) is 2.96. The Balaban J connectivity index is 1.67. The summed E-state index contributed by atoms with van der Waals surface area (Å²) in [6.07, 6.45) is 0.306. The van der Waals surface area contributed by atoms with Crippen molar-refractivity contribution in [3.8, 4) is 11.4 Å². The zero-order valence-electron chi connectivity index (χ0n) is 10.9. The van der Waals surface area contributed by atoms with E-state index in [1.807, 2.05) is 30.3 Å². The van der Waals surface area contributed by atoms with E-state index >= 15 is 0 Å². The van der Waals surface area contributed by atoms with Crippen molar-refractivity contribution < 1.29 is 9.36 Å². The van der Waals surface area contributed by atoms with Gasteiger partial charge in [-0.05, 0) is 32.8 Å². The molecule has 1 unspecified atom stereocenters. The molecule has 1 aliphatic heterocycles. The average molecular weight is 344 g/mol. The van der Waals surface area contributed by atoms with Gasteiger partial charge < -0.3 is 9.36 Å². The maximum absolute atomic E-state index is 5.28. The first-order chi connectivity index (χ1) is 10.3. The lowest BCUT2D eigenvalue weighted by molar-refractivity contribution is 0.0599. The van der Waals surface area contributed by atoms with Crippen molar-refractivity contribution in [3.05, 3.63) is 48.4 Å². The Hall–Kier alpha value is -2.21. The average Bonchev–Trinajstić information content (AvgIpc) is 3.15. The third kappa shape index (κ3) is 2.31. The van der Waals surface area contributed by atoms with Crippen molar-refractivity contribution >= 4 is 31.3 Å². The van der Waals surface area contributed by atoms with E-state index in [1.54, 1.807) is 0 Å². The van der Waals surface area contributed by atoms with Gasteiger partial charge >= 0.3 is 0 Å². The smallest absolute Gasteiger partial charge is 0.271 e. The maximum Gasteiger partial charge on any atom is 0.271 e. The van der Waals surface area contributed by atoms with E-state index in [4.69, 9.17) is 9.36 Å². The molecule has 21 heavy (non-hydrogen) atoms. The van der Waals surface area contributed by atoms with Crippen LogP contribution in [0.25, 0.3) is 22.2 Å². The largest absolute Gasteiger partial charge is 0.381 e. The van der Waals surface area contributed by atoms with E-state index in [0.717, 1.165) is 15.6 Å². The van der Waals surface area contributed by atoms with E-state index in [-0.39, 0.29) is 6.10 Å². The third-order valence-corrected chi connectivity index (χ3v) is 3.83. The maximum atomic E-state index is 5.28. The number of halogens is 1. The number of hydrogen-bond acceptors (Lipinski definition) is 5. The summed E-state index contributed by atoms with van der Waals surface area (Å²) in [7, 11) is 0. The quantitative estimate of drug-likeness (QED) is 0.703. The van der Waals surface area contributed by atoms with E-state index in [2.05, 4.69) is 43.4 Å². The molecule has 0 fully saturated rings. The zero-order chi connectivity index (χ0) is 14.2. The van der Waals surface area contributed by atoms with Crippen LogP contribution in [0.15, 0.2) is 52.1 Å². The first kappa shape index (κ1) is 12.5. The summed E-state index contributed by atoms with van der Waals surface area (Å²) in [5, 5.41) is 10.2. The molecular formula is C15H10BrN3O2. The number of rotatable bonds is 2. The van der Waals surface area contributed by atoms with Crippen molar-refractivity contribution in [1.82, 2.24) is 10.1 Å². The highest BCUT2D eigenvalue weighted by Crippen LogP contribution is 2.30. The molecule has 2 heterocycles. The fourth-order valence-corrected chi connectivity index (χ4v) is 2.67. The van der Waals surface area contributed by atoms with Crippen LogP contribution in [-0.4, -0.2) is 14.8 Å². The second kappa shape index (κ2) is 4.96. The molecule has 1 atom stereocenters. The first-order valence-electron chi connectivity index (χ1n) is 6.50. The molecule has 0 aliphatic carbocycles. The molecule has 104 valence electrons. The van der Waals surface area contributed by atoms with Crippen molar-refractivity contribution in [3.63, 3.8) is 0 Å². The standard InChI is InChI=1S/C15H10BrN3O2/c16-13-8-12(20-18-13)15-17-14(19-21-15)11-6-5-9-3-1-2-4-10(9)7-11/h1-7,12H,8H2. The number of benzene rings is 2. The van der Waals surface area contributed by atoms with Gasteiger partial charge in [0.25, 0.3) is 5.89 Å². The number of oxime groups is 1. The molecule has 0 spiro atoms. The van der Waals surface area contributed by atoms with Gasteiger partial charge in [-0.25, -0.2) is 0 Å². The van der Waals surface area contributed by atoms with Crippen LogP contribution in [0.2, 0.25) is 0 Å². The number of hydrogen-bond donors (Lipinski definition) is 0. The van der Waals surface area contributed by atoms with Gasteiger partial charge in [0.1, 0.15) is 4.62 Å². The monoisotopic (exact) mass is 343 g/mol. The summed E-state index contributed by atoms with van der Waals surface area (Å²) in [4.78, 5) is 9.62. The van der Waals surface area contributed by atoms with Crippen molar-refractivity contribution in [1.29, 1.82) is 0 Å². The van der Waals surface area contributed by atoms with Crippen molar-refractivity contribution in [2.75, 3.05) is 0 Å². The van der Waals surface area contributed by atoms with Gasteiger partial charge in [-0.3, -0.25) is 0 Å². The molecule has 6 heteroatoms. The second-order valence-corrected chi connectivity index (χ2v) is 5.70. The van der Waals surface area contributed by atoms with Gasteiger partial charge in [0.05, 0.1) is 0 Å². The molecule has 1 aromatic heterocycles. The highest BCUT2D eigenvalue weighted by Gasteiger charge is 2.27. The van der Waals surface area contributed by atoms with E-state index in [0.29, 0.717) is 18.1 Å². The number of fused-ring (bicyclic) bond motifs is 1. The molecule has 0 bridgehead atoms. The molecule has 3 aromatic rings. The topological polar surface area (TPSA) is 60.5 Å². The second-order valence-electron chi connectivity index (χ2n) is 4.78. The Morgan fingerprint density at radius 1 is 1.10 bits per heavy atom. The minimum absolute atomic E-state index is 0.305. The summed E-state index contributed by atoms with van der Waals surface area (Å²) in [6.45, 7) is 0. The molecule has 2 aromatic carbocycles. The minimum Gasteiger partial charge on any atom is -0.381 e. The predicted octanol–water partition coefficient (Wildman–Crippen LogP) is 4.06. The molecule has 0 radical (unpaired) electrons. The first-order valence-corrected chi connectivity index (χ1v) is 7.30. The van der Waals surface area contributed by atoms with Gasteiger partial charge in [-0.15, -0.1) is 0 Å². The minimum atomic E-state index is -0.305. The van der Waals surface area contributed by atoms with Crippen molar-refractivity contribution in [2.45, 2.75) is 12.5 Å². The lowest BCUT2D eigenvalue weighted by atomic mass is 10.1. The lowest BCUT2D eigenvalue weighted by Gasteiger charge is -2.00. The van der Waals surface area contributed by atoms with Gasteiger partial charge in [0, 0.05) is 12.0 Å². The van der Waals surface area contributed by atoms with Crippen LogP contribution in [0.5, 0.6) is 0 Å². The molecule has 0 amide bonds. The van der Waals surface area contributed by atoms with E-state index in [9.17, 15) is 0 Å². The van der Waals surface area contributed by atoms with Crippen LogP contribution in [0.3, 0.4) is 0 Å². The fourth-order valence-electron chi connectivity index (χ4n) is 2.29. The molecular weight excluding hydrogens is 334 g/mol. The van der Waals surface area contributed by atoms with Crippen LogP contribution in [0.4, 0.5) is 0 Å². The Morgan fingerprint density at radius 3 is 2.76 bits per heavy atom. The van der Waals surface area contributed by atoms with Gasteiger partial charge in [0.2, 0.25) is 11.9 Å². The van der Waals surface area contributed by atoms with Gasteiger partial charge in [-0.2, -0.15) is 4.98 Å². The molecule has 0 N–H and O–H groups in total. The summed E-state index contributed by atoms with van der Waals surface area (Å²) < 4.78 is 6.03. The van der Waals surface area contributed by atoms with Crippen LogP contribution >= 0.6 is 15.9 Å². The van der Waals surface area contributed by atoms with Gasteiger partial charge in [0.15, 0.2) is 0 Å². The molecule has 0 saturated carbocycles. The Labute approximate surface area is 128 Å². The molecule has 0 saturated heterocycles. The summed E-state index contributed by atoms with van der Waals surface area (Å²) >= 11 is 3.29. The van der Waals surface area contributed by atoms with E-state index < -0.39 is 0 Å². The van der Waals surface area contributed by atoms with Crippen LogP contribution in [0, 0.1) is 0 Å². The zero-order valence-corrected chi connectivity index (χ0v) is 12.4. The van der Waals surface area contributed by atoms with E-state index in [1.165, 1.54) is 5.39 Å². The normalized spacial score (nSPS) is 17.8. The van der Waals surface area contributed by atoms with Crippen molar-refractivity contribution in [2.24, 2.45) is 5.16 Å². The Bertz CT molecular complexity index is 844. The summed E-state index contributed by atoms with van der Waals surface area (Å²) in [5.41, 5.74) is 0.918. The highest BCUT2D eigenvalue weighted by molar-refractivity contribution is 9.18.